The second kappa shape index (κ2) is 8.98. The molecule has 0 fully saturated rings. The molecule has 10 heteroatoms. The Hall–Kier alpha value is -3.59. The number of fused-ring (bicyclic) bond motifs is 1. The van der Waals surface area contributed by atoms with Crippen molar-refractivity contribution in [1.82, 2.24) is 14.3 Å². The average Bonchev–Trinajstić information content (AvgIpc) is 3.12. The van der Waals surface area contributed by atoms with Crippen LogP contribution < -0.4 is 10.9 Å². The van der Waals surface area contributed by atoms with E-state index < -0.39 is 29.8 Å². The minimum absolute atomic E-state index is 0.0888. The number of carbonyl (C=O) groups excluding carboxylic acids is 1. The molecule has 0 aliphatic heterocycles. The zero-order valence-electron chi connectivity index (χ0n) is 18.3. The zero-order chi connectivity index (χ0) is 24.6. The van der Waals surface area contributed by atoms with Crippen LogP contribution in [0.1, 0.15) is 23.7 Å². The van der Waals surface area contributed by atoms with E-state index in [9.17, 15) is 22.8 Å². The summed E-state index contributed by atoms with van der Waals surface area (Å²) in [7, 11) is 0. The molecule has 2 heterocycles. The summed E-state index contributed by atoms with van der Waals surface area (Å²) in [5, 5.41) is 7.08. The van der Waals surface area contributed by atoms with Gasteiger partial charge in [-0.05, 0) is 49.2 Å². The topological polar surface area (TPSA) is 68.9 Å². The number of halogens is 4. The van der Waals surface area contributed by atoms with Crippen LogP contribution in [0.3, 0.4) is 0 Å². The van der Waals surface area contributed by atoms with Crippen LogP contribution in [0.15, 0.2) is 59.4 Å². The lowest BCUT2D eigenvalue weighted by molar-refractivity contribution is -0.136. The van der Waals surface area contributed by atoms with E-state index in [0.717, 1.165) is 16.6 Å². The van der Waals surface area contributed by atoms with Crippen LogP contribution in [0, 0.1) is 6.92 Å². The normalized spacial score (nSPS) is 11.7. The van der Waals surface area contributed by atoms with Gasteiger partial charge in [0.2, 0.25) is 5.91 Å². The highest BCUT2D eigenvalue weighted by molar-refractivity contribution is 6.30. The van der Waals surface area contributed by atoms with Gasteiger partial charge in [0.05, 0.1) is 22.3 Å². The number of carbonyl (C=O) groups is 1. The van der Waals surface area contributed by atoms with Crippen molar-refractivity contribution >= 4 is 34.2 Å². The van der Waals surface area contributed by atoms with Gasteiger partial charge < -0.3 is 5.32 Å². The lowest BCUT2D eigenvalue weighted by Crippen LogP contribution is -2.30. The summed E-state index contributed by atoms with van der Waals surface area (Å²) in [6, 6.07) is 14.0. The molecule has 6 nitrogen and oxygen atoms in total. The van der Waals surface area contributed by atoms with Crippen LogP contribution in [0.2, 0.25) is 5.02 Å². The summed E-state index contributed by atoms with van der Waals surface area (Å²) in [6.45, 7) is 2.90. The van der Waals surface area contributed by atoms with Gasteiger partial charge in [0, 0.05) is 16.8 Å². The van der Waals surface area contributed by atoms with E-state index in [1.807, 2.05) is 19.1 Å². The fourth-order valence-electron chi connectivity index (χ4n) is 3.80. The molecule has 0 atom stereocenters. The molecular formula is C24H20ClF3N4O2. The van der Waals surface area contributed by atoms with E-state index >= 15 is 0 Å². The maximum absolute atomic E-state index is 13.8. The molecule has 4 aromatic rings. The largest absolute Gasteiger partial charge is 0.417 e. The quantitative estimate of drug-likeness (QED) is 0.410. The van der Waals surface area contributed by atoms with Gasteiger partial charge in [-0.25, -0.2) is 4.68 Å². The minimum Gasteiger partial charge on any atom is -0.324 e. The van der Waals surface area contributed by atoms with E-state index in [0.29, 0.717) is 22.5 Å². The van der Waals surface area contributed by atoms with Gasteiger partial charge in [0.15, 0.2) is 0 Å². The smallest absolute Gasteiger partial charge is 0.324 e. The molecule has 34 heavy (non-hydrogen) atoms. The van der Waals surface area contributed by atoms with Crippen molar-refractivity contribution < 1.29 is 18.0 Å². The molecule has 0 unspecified atom stereocenters. The van der Waals surface area contributed by atoms with Crippen molar-refractivity contribution in [2.75, 3.05) is 5.32 Å². The first kappa shape index (κ1) is 23.6. The summed E-state index contributed by atoms with van der Waals surface area (Å²) in [4.78, 5) is 25.6. The first-order valence-corrected chi connectivity index (χ1v) is 10.8. The Balaban J connectivity index is 1.89. The highest BCUT2D eigenvalue weighted by Gasteiger charge is 2.36. The second-order valence-corrected chi connectivity index (χ2v) is 8.19. The number of aromatic nitrogens is 3. The average molecular weight is 489 g/mol. The molecular weight excluding hydrogens is 469 g/mol. The molecule has 1 N–H and O–H groups in total. The number of nitrogens with one attached hydrogen (secondary N) is 1. The molecule has 0 saturated heterocycles. The van der Waals surface area contributed by atoms with Crippen LogP contribution in [-0.4, -0.2) is 20.3 Å². The van der Waals surface area contributed by atoms with Crippen LogP contribution in [0.4, 0.5) is 18.9 Å². The van der Waals surface area contributed by atoms with Gasteiger partial charge in [0.25, 0.3) is 5.56 Å². The van der Waals surface area contributed by atoms with E-state index in [1.54, 1.807) is 30.3 Å². The highest BCUT2D eigenvalue weighted by Crippen LogP contribution is 2.36. The maximum Gasteiger partial charge on any atom is 0.417 e. The first-order valence-electron chi connectivity index (χ1n) is 10.4. The summed E-state index contributed by atoms with van der Waals surface area (Å²) in [5.41, 5.74) is -0.174. The third-order valence-corrected chi connectivity index (χ3v) is 5.63. The van der Waals surface area contributed by atoms with Gasteiger partial charge in [-0.1, -0.05) is 36.7 Å². The van der Waals surface area contributed by atoms with Crippen molar-refractivity contribution in [1.29, 1.82) is 0 Å². The molecule has 1 amide bonds. The van der Waals surface area contributed by atoms with Gasteiger partial charge in [0.1, 0.15) is 12.2 Å². The van der Waals surface area contributed by atoms with Crippen LogP contribution >= 0.6 is 11.6 Å². The Labute approximate surface area is 197 Å². The van der Waals surface area contributed by atoms with Crippen molar-refractivity contribution in [3.8, 4) is 5.69 Å². The fraction of sp³-hybridized carbons (Fsp3) is 0.208. The summed E-state index contributed by atoms with van der Waals surface area (Å²) in [6.07, 6.45) is -3.99. The third kappa shape index (κ3) is 4.56. The molecule has 0 radical (unpaired) electrons. The maximum atomic E-state index is 13.8. The summed E-state index contributed by atoms with van der Waals surface area (Å²) >= 11 is 5.94. The van der Waals surface area contributed by atoms with Gasteiger partial charge in [-0.3, -0.25) is 14.2 Å². The Morgan fingerprint density at radius 3 is 2.44 bits per heavy atom. The van der Waals surface area contributed by atoms with E-state index in [2.05, 4.69) is 10.4 Å². The number of hydrogen-bond donors (Lipinski definition) is 1. The number of anilines is 1. The predicted molar refractivity (Wildman–Crippen MR) is 125 cm³/mol. The molecule has 0 aliphatic rings. The summed E-state index contributed by atoms with van der Waals surface area (Å²) in [5.74, 6) is -0.600. The molecule has 2 aromatic carbocycles. The zero-order valence-corrected chi connectivity index (χ0v) is 19.0. The Morgan fingerprint density at radius 2 is 1.82 bits per heavy atom. The molecule has 0 bridgehead atoms. The monoisotopic (exact) mass is 488 g/mol. The first-order chi connectivity index (χ1) is 16.1. The van der Waals surface area contributed by atoms with Crippen molar-refractivity contribution in [3.05, 3.63) is 86.8 Å². The SMILES string of the molecule is CCc1ccc(-n2nc(C)c3c(C(F)(F)F)cc(=O)n(CC(=O)Nc4cccc(Cl)c4)c32)cc1. The van der Waals surface area contributed by atoms with Crippen molar-refractivity contribution in [3.63, 3.8) is 0 Å². The van der Waals surface area contributed by atoms with Crippen LogP contribution in [0.25, 0.3) is 16.7 Å². The molecule has 0 saturated carbocycles. The number of nitrogens with zero attached hydrogens (tertiary/aromatic N) is 3. The van der Waals surface area contributed by atoms with Crippen LogP contribution in [0.5, 0.6) is 0 Å². The predicted octanol–water partition coefficient (Wildman–Crippen LogP) is 5.37. The Morgan fingerprint density at radius 1 is 1.12 bits per heavy atom. The number of alkyl halides is 3. The van der Waals surface area contributed by atoms with Gasteiger partial charge in [-0.15, -0.1) is 0 Å². The van der Waals surface area contributed by atoms with Crippen molar-refractivity contribution in [2.24, 2.45) is 0 Å². The lowest BCUT2D eigenvalue weighted by Gasteiger charge is -2.15. The van der Waals surface area contributed by atoms with Gasteiger partial charge in [-0.2, -0.15) is 18.3 Å². The fourth-order valence-corrected chi connectivity index (χ4v) is 3.99. The summed E-state index contributed by atoms with van der Waals surface area (Å²) < 4.78 is 43.8. The molecule has 176 valence electrons. The highest BCUT2D eigenvalue weighted by atomic mass is 35.5. The van der Waals surface area contributed by atoms with E-state index in [1.165, 1.54) is 17.7 Å². The standard InChI is InChI=1S/C24H20ClF3N4O2/c1-3-15-7-9-18(10-8-15)32-23-22(14(2)30-32)19(24(26,27)28)12-21(34)31(23)13-20(33)29-17-6-4-5-16(25)11-17/h4-12H,3,13H2,1-2H3,(H,29,33). The Bertz CT molecular complexity index is 1440. The number of amides is 1. The number of pyridine rings is 1. The lowest BCUT2D eigenvalue weighted by atomic mass is 10.1. The minimum atomic E-state index is -4.77. The number of rotatable bonds is 5. The number of benzene rings is 2. The molecule has 0 spiro atoms. The third-order valence-electron chi connectivity index (χ3n) is 5.40. The number of aryl methyl sites for hydroxylation is 2. The van der Waals surface area contributed by atoms with E-state index in [-0.39, 0.29) is 16.7 Å². The molecule has 2 aromatic heterocycles. The van der Waals surface area contributed by atoms with Crippen LogP contribution in [-0.2, 0) is 23.9 Å². The van der Waals surface area contributed by atoms with Gasteiger partial charge >= 0.3 is 6.18 Å². The molecule has 4 rings (SSSR count). The van der Waals surface area contributed by atoms with Crippen molar-refractivity contribution in [2.45, 2.75) is 33.0 Å². The Kier molecular flexibility index (Phi) is 6.22. The second-order valence-electron chi connectivity index (χ2n) is 7.75. The molecule has 0 aliphatic carbocycles. The number of hydrogen-bond acceptors (Lipinski definition) is 3. The van der Waals surface area contributed by atoms with E-state index in [4.69, 9.17) is 11.6 Å².